The summed E-state index contributed by atoms with van der Waals surface area (Å²) >= 11 is 0. The van der Waals surface area contributed by atoms with Gasteiger partial charge in [0.1, 0.15) is 6.61 Å². The highest BCUT2D eigenvalue weighted by molar-refractivity contribution is 4.18. The number of hydrogen-bond acceptors (Lipinski definition) is 0. The molecule has 0 saturated carbocycles. The van der Waals surface area contributed by atoms with Crippen LogP contribution in [0.5, 0.6) is 0 Å². The molecular weight excluding hydrogens is 72.0 g/mol. The average Bonchev–Trinajstić information content (AvgIpc) is 1.38. The van der Waals surface area contributed by atoms with Gasteiger partial charge < -0.3 is 0 Å². The lowest BCUT2D eigenvalue weighted by Crippen LogP contribution is -2.02. The fourth-order valence-corrected chi connectivity index (χ4v) is 0. The third kappa shape index (κ3) is 3.88. The van der Waals surface area contributed by atoms with Crippen LogP contribution < -0.4 is 0 Å². The van der Waals surface area contributed by atoms with Crippen molar-refractivity contribution in [3.63, 3.8) is 0 Å². The summed E-state index contributed by atoms with van der Waals surface area (Å²) in [5.74, 6) is 0. The molecule has 0 aliphatic carbocycles. The van der Waals surface area contributed by atoms with Gasteiger partial charge in [0, 0.05) is 0 Å². The molecule has 0 amide bonds. The van der Waals surface area contributed by atoms with Crippen LogP contribution in [0.1, 0.15) is 0 Å². The summed E-state index contributed by atoms with van der Waals surface area (Å²) in [6, 6.07) is 0. The fourth-order valence-electron chi connectivity index (χ4n) is 0. The van der Waals surface area contributed by atoms with Crippen LogP contribution in [0.4, 0.5) is 0 Å². The smallest absolute Gasteiger partial charge is 0.231 e. The normalized spacial score (nSPS) is 9.60. The molecule has 3 heteroatoms. The van der Waals surface area contributed by atoms with E-state index >= 15 is 0 Å². The molecule has 0 unspecified atom stereocenters. The van der Waals surface area contributed by atoms with E-state index in [1.807, 2.05) is 0 Å². The van der Waals surface area contributed by atoms with Gasteiger partial charge in [-0.2, -0.15) is 10.2 Å². The Hall–Kier alpha value is -0.120. The molecular formula is C2H3O3. The molecule has 0 bridgehead atoms. The van der Waals surface area contributed by atoms with Gasteiger partial charge in [-0.3, -0.25) is 0 Å². The Morgan fingerprint density at radius 2 is 1.60 bits per heavy atom. The van der Waals surface area contributed by atoms with Crippen molar-refractivity contribution >= 4 is 0 Å². The third-order valence-electron chi connectivity index (χ3n) is 0.136. The van der Waals surface area contributed by atoms with Gasteiger partial charge in [0.15, 0.2) is 0 Å². The first-order chi connectivity index (χ1) is 2.27. The second-order valence-corrected chi connectivity index (χ2v) is 0.596. The first kappa shape index (κ1) is 4.88. The van der Waals surface area contributed by atoms with Crippen LogP contribution in [-0.4, -0.2) is 12.9 Å². The third-order valence-corrected chi connectivity index (χ3v) is 0.136. The van der Waals surface area contributed by atoms with Crippen molar-refractivity contribution in [2.24, 2.45) is 0 Å². The largest absolute Gasteiger partial charge is 0.250 e. The first-order valence-electron chi connectivity index (χ1n) is 1.17. The summed E-state index contributed by atoms with van der Waals surface area (Å²) in [6.45, 7) is -1.06. The second kappa shape index (κ2) is 2.14. The highest BCUT2D eigenvalue weighted by Gasteiger charge is 1.94. The van der Waals surface area contributed by atoms with Crippen LogP contribution in [0.2, 0.25) is 0 Å². The zero-order valence-electron chi connectivity index (χ0n) is 2.51. The van der Waals surface area contributed by atoms with Crippen molar-refractivity contribution in [3.05, 3.63) is 0 Å². The van der Waals surface area contributed by atoms with Crippen LogP contribution in [0, 0.1) is 0 Å². The first-order valence-corrected chi connectivity index (χ1v) is 1.17. The van der Waals surface area contributed by atoms with Gasteiger partial charge in [0.2, 0.25) is 0 Å². The highest BCUT2D eigenvalue weighted by atomic mass is 16.5. The van der Waals surface area contributed by atoms with E-state index in [-0.39, 0.29) is 0 Å². The van der Waals surface area contributed by atoms with Gasteiger partial charge in [-0.1, -0.05) is 0 Å². The molecule has 0 N–H and O–H groups in total. The molecule has 0 aliphatic rings. The van der Waals surface area contributed by atoms with Crippen molar-refractivity contribution in [1.29, 1.82) is 0 Å². The standard InChI is InChI=1S/C2H3O3/c3-1-2(4)5/h2H,1H2. The highest BCUT2D eigenvalue weighted by Crippen LogP contribution is 1.67. The van der Waals surface area contributed by atoms with E-state index in [0.29, 0.717) is 0 Å². The lowest BCUT2D eigenvalue weighted by atomic mass is 10.7. The quantitative estimate of drug-likeness (QED) is 0.381. The number of hydrogen-bond donors (Lipinski definition) is 0. The Bertz CT molecular complexity index is 18.9. The van der Waals surface area contributed by atoms with Gasteiger partial charge in [0.05, 0.1) is 0 Å². The maximum atomic E-state index is 9.03. The Morgan fingerprint density at radius 3 is 1.60 bits per heavy atom. The van der Waals surface area contributed by atoms with Gasteiger partial charge in [-0.25, -0.2) is 5.11 Å². The summed E-state index contributed by atoms with van der Waals surface area (Å²) in [4.78, 5) is 0. The van der Waals surface area contributed by atoms with E-state index in [1.165, 1.54) is 0 Å². The molecule has 29 valence electrons. The summed E-state index contributed by atoms with van der Waals surface area (Å²) in [7, 11) is 0. The van der Waals surface area contributed by atoms with Gasteiger partial charge >= 0.3 is 0 Å². The topological polar surface area (TPSA) is 59.7 Å². The molecule has 3 radical (unpaired) electrons. The molecule has 0 rings (SSSR count). The van der Waals surface area contributed by atoms with E-state index in [1.54, 1.807) is 0 Å². The zero-order valence-corrected chi connectivity index (χ0v) is 2.51. The van der Waals surface area contributed by atoms with Crippen molar-refractivity contribution in [3.8, 4) is 0 Å². The van der Waals surface area contributed by atoms with Crippen molar-refractivity contribution in [1.82, 2.24) is 0 Å². The molecule has 0 heterocycles. The number of rotatable bonds is 1. The summed E-state index contributed by atoms with van der Waals surface area (Å²) in [5.41, 5.74) is 0. The van der Waals surface area contributed by atoms with Crippen LogP contribution in [0.15, 0.2) is 0 Å². The minimum absolute atomic E-state index is 1.06. The molecule has 0 fully saturated rings. The maximum Gasteiger partial charge on any atom is 0.250 e. The Kier molecular flexibility index (Phi) is 2.09. The average molecular weight is 75.0 g/mol. The predicted molar refractivity (Wildman–Crippen MR) is 10.7 cm³/mol. The molecule has 0 atom stereocenters. The van der Waals surface area contributed by atoms with Crippen LogP contribution >= 0.6 is 0 Å². The Morgan fingerprint density at radius 1 is 1.40 bits per heavy atom. The summed E-state index contributed by atoms with van der Waals surface area (Å²) in [5, 5.41) is 27.1. The van der Waals surface area contributed by atoms with E-state index in [4.69, 9.17) is 15.3 Å². The Labute approximate surface area is 29.5 Å². The molecule has 0 aromatic heterocycles. The fraction of sp³-hybridized carbons (Fsp3) is 1.00. The van der Waals surface area contributed by atoms with Gasteiger partial charge in [-0.15, -0.1) is 0 Å². The second-order valence-electron chi connectivity index (χ2n) is 0.596. The zero-order chi connectivity index (χ0) is 4.28. The monoisotopic (exact) mass is 75.0 g/mol. The minimum atomic E-state index is -2.17. The van der Waals surface area contributed by atoms with Crippen LogP contribution in [-0.2, 0) is 15.3 Å². The van der Waals surface area contributed by atoms with Crippen molar-refractivity contribution < 1.29 is 15.3 Å². The summed E-state index contributed by atoms with van der Waals surface area (Å²) in [6.07, 6.45) is -2.17. The lowest BCUT2D eigenvalue weighted by Gasteiger charge is -1.79. The van der Waals surface area contributed by atoms with Crippen LogP contribution in [0.25, 0.3) is 0 Å². The lowest BCUT2D eigenvalue weighted by molar-refractivity contribution is -0.170. The van der Waals surface area contributed by atoms with Crippen LogP contribution in [0.3, 0.4) is 0 Å². The van der Waals surface area contributed by atoms with E-state index in [9.17, 15) is 0 Å². The Balaban J connectivity index is 2.54. The van der Waals surface area contributed by atoms with E-state index < -0.39 is 12.9 Å². The summed E-state index contributed by atoms with van der Waals surface area (Å²) < 4.78 is 0. The molecule has 0 aromatic carbocycles. The predicted octanol–water partition coefficient (Wildman–Crippen LogP) is -0.396. The van der Waals surface area contributed by atoms with E-state index in [2.05, 4.69) is 0 Å². The molecule has 3 nitrogen and oxygen atoms in total. The molecule has 0 saturated heterocycles. The van der Waals surface area contributed by atoms with E-state index in [0.717, 1.165) is 0 Å². The van der Waals surface area contributed by atoms with Gasteiger partial charge in [-0.05, 0) is 0 Å². The van der Waals surface area contributed by atoms with Gasteiger partial charge in [0.25, 0.3) is 6.29 Å². The van der Waals surface area contributed by atoms with Crippen molar-refractivity contribution in [2.75, 3.05) is 6.61 Å². The molecule has 5 heavy (non-hydrogen) atoms. The maximum absolute atomic E-state index is 9.03. The molecule has 0 aromatic rings. The minimum Gasteiger partial charge on any atom is -0.231 e. The molecule has 0 spiro atoms. The molecule has 0 aliphatic heterocycles. The van der Waals surface area contributed by atoms with Crippen molar-refractivity contribution in [2.45, 2.75) is 6.29 Å². The SMILES string of the molecule is [O]CC([O])[O].